The third kappa shape index (κ3) is 5.77. The van der Waals surface area contributed by atoms with Crippen molar-refractivity contribution >= 4 is 61.1 Å². The molecule has 0 aromatic carbocycles. The van der Waals surface area contributed by atoms with Gasteiger partial charge in [-0.15, -0.1) is 0 Å². The zero-order valence-electron chi connectivity index (χ0n) is 3.96. The van der Waals surface area contributed by atoms with Crippen LogP contribution in [0.25, 0.3) is 0 Å². The summed E-state index contributed by atoms with van der Waals surface area (Å²) >= 11 is 12.4. The molecule has 0 aromatic rings. The van der Waals surface area contributed by atoms with Crippen LogP contribution in [0.3, 0.4) is 0 Å². The molecule has 0 aromatic heterocycles. The fraction of sp³-hybridized carbons (Fsp3) is 0. The van der Waals surface area contributed by atoms with Crippen molar-refractivity contribution in [1.82, 2.24) is 0 Å². The van der Waals surface area contributed by atoms with Crippen LogP contribution in [0.2, 0.25) is 0 Å². The van der Waals surface area contributed by atoms with Crippen molar-refractivity contribution in [2.24, 2.45) is 0 Å². The van der Waals surface area contributed by atoms with Gasteiger partial charge in [0.05, 0.1) is 0 Å². The molecule has 0 aliphatic carbocycles. The number of halogens is 2. The van der Waals surface area contributed by atoms with Gasteiger partial charge in [0, 0.05) is 0 Å². The van der Waals surface area contributed by atoms with Crippen LogP contribution in [-0.2, 0) is 0 Å². The monoisotopic (exact) mass is 236 g/mol. The number of hydrogen-bond donors (Lipinski definition) is 0. The summed E-state index contributed by atoms with van der Waals surface area (Å²) in [6.45, 7) is 0. The van der Waals surface area contributed by atoms with Gasteiger partial charge in [0.25, 0.3) is 0 Å². The predicted molar refractivity (Wildman–Crippen MR) is 45.9 cm³/mol. The Balaban J connectivity index is 3.17. The van der Waals surface area contributed by atoms with Crippen LogP contribution in [-0.4, -0.2) is 38.9 Å². The first-order valence-electron chi connectivity index (χ1n) is 1.94. The molecule has 0 heterocycles. The first-order chi connectivity index (χ1) is 2.56. The minimum atomic E-state index is -1.30. The average Bonchev–Trinajstić information content (AvgIpc) is 1.35. The molecule has 0 unspecified atom stereocenters. The van der Waals surface area contributed by atoms with Gasteiger partial charge in [0.1, 0.15) is 0 Å². The second kappa shape index (κ2) is 2.93. The first kappa shape index (κ1) is 7.77. The quantitative estimate of drug-likeness (QED) is 0.355. The van der Waals surface area contributed by atoms with E-state index < -0.39 is 4.73 Å². The van der Waals surface area contributed by atoms with Gasteiger partial charge in [-0.2, -0.15) is 0 Å². The van der Waals surface area contributed by atoms with Gasteiger partial charge in [0.15, 0.2) is 0 Å². The standard InChI is InChI=1S/Cl2GeH8Si3/c1-6(2,3)5-4/h5H2,3-4H3. The molecule has 0 aliphatic rings. The van der Waals surface area contributed by atoms with Crippen LogP contribution in [0.4, 0.5) is 0 Å². The van der Waals surface area contributed by atoms with Crippen molar-refractivity contribution in [2.75, 3.05) is 0 Å². The third-order valence-electron chi connectivity index (χ3n) is 0.621. The third-order valence-corrected chi connectivity index (χ3v) is 71.3. The van der Waals surface area contributed by atoms with Crippen LogP contribution in [0.5, 0.6) is 0 Å². The van der Waals surface area contributed by atoms with Crippen LogP contribution in [0.15, 0.2) is 0 Å². The van der Waals surface area contributed by atoms with Crippen LogP contribution in [0.1, 0.15) is 0 Å². The van der Waals surface area contributed by atoms with E-state index in [1.54, 1.807) is 0 Å². The Morgan fingerprint density at radius 3 is 1.83 bits per heavy atom. The summed E-state index contributed by atoms with van der Waals surface area (Å²) in [5, 5.41) is 0. The van der Waals surface area contributed by atoms with E-state index in [1.165, 1.54) is 9.76 Å². The van der Waals surface area contributed by atoms with Gasteiger partial charge in [-0.3, -0.25) is 0 Å². The molecule has 0 saturated carbocycles. The Hall–Kier alpha value is 1.77. The topological polar surface area (TPSA) is 0 Å². The van der Waals surface area contributed by atoms with E-state index in [-0.39, 0.29) is 8.55 Å². The fourth-order valence-corrected chi connectivity index (χ4v) is 0. The summed E-state index contributed by atoms with van der Waals surface area (Å²) in [4.78, 5) is 0. The van der Waals surface area contributed by atoms with Crippen molar-refractivity contribution in [1.29, 1.82) is 0 Å². The second-order valence-electron chi connectivity index (χ2n) is 1.42. The van der Waals surface area contributed by atoms with E-state index in [0.717, 1.165) is 15.9 Å². The van der Waals surface area contributed by atoms with Crippen molar-refractivity contribution in [3.05, 3.63) is 0 Å². The summed E-state index contributed by atoms with van der Waals surface area (Å²) in [7, 11) is 1.48. The average molecular weight is 236 g/mol. The molecule has 0 saturated heterocycles. The Labute approximate surface area is 60.9 Å². The minimum absolute atomic E-state index is 0.144. The summed E-state index contributed by atoms with van der Waals surface area (Å²) in [5.74, 6) is 0. The fourth-order valence-electron chi connectivity index (χ4n) is 0. The number of rotatable bonds is 1. The van der Waals surface area contributed by atoms with E-state index in [9.17, 15) is 0 Å². The number of hydrogen-bond acceptors (Lipinski definition) is 0. The summed E-state index contributed by atoms with van der Waals surface area (Å²) < 4.78 is -1.30. The normalized spacial score (nSPS) is 15.0. The Kier molecular flexibility index (Phi) is 3.80. The zero-order valence-corrected chi connectivity index (χ0v) is 14.1. The molecular formula is H8Cl2GeSi3. The maximum absolute atomic E-state index is 5.80. The molecule has 0 spiro atoms. The van der Waals surface area contributed by atoms with Crippen LogP contribution >= 0.6 is 22.2 Å². The van der Waals surface area contributed by atoms with Gasteiger partial charge in [-0.25, -0.2) is 0 Å². The molecular weight excluding hydrogens is 228 g/mol. The molecule has 0 fully saturated rings. The zero-order chi connectivity index (χ0) is 5.21. The van der Waals surface area contributed by atoms with Crippen molar-refractivity contribution in [3.63, 3.8) is 0 Å². The molecule has 0 atom stereocenters. The molecule has 38 valence electrons. The van der Waals surface area contributed by atoms with E-state index in [0.29, 0.717) is 0 Å². The molecule has 0 radical (unpaired) electrons. The molecule has 0 nitrogen and oxygen atoms in total. The molecule has 0 N–H and O–H groups in total. The second-order valence-corrected chi connectivity index (χ2v) is 52.9. The van der Waals surface area contributed by atoms with Gasteiger partial charge < -0.3 is 0 Å². The molecule has 0 amide bonds. The van der Waals surface area contributed by atoms with E-state index >= 15 is 0 Å². The molecule has 6 heavy (non-hydrogen) atoms. The summed E-state index contributed by atoms with van der Waals surface area (Å²) in [6, 6.07) is 0. The van der Waals surface area contributed by atoms with Crippen molar-refractivity contribution in [2.45, 2.75) is 0 Å². The van der Waals surface area contributed by atoms with Gasteiger partial charge in [0.2, 0.25) is 0 Å². The molecule has 0 aliphatic heterocycles. The summed E-state index contributed by atoms with van der Waals surface area (Å²) in [6.07, 6.45) is 0. The van der Waals surface area contributed by atoms with Gasteiger partial charge >= 0.3 is 61.1 Å². The maximum atomic E-state index is 5.80. The van der Waals surface area contributed by atoms with E-state index in [4.69, 9.17) is 22.2 Å². The predicted octanol–water partition coefficient (Wildman–Crippen LogP) is -2.29. The van der Waals surface area contributed by atoms with Gasteiger partial charge in [-0.05, 0) is 0 Å². The SMILES string of the molecule is [SiH3][SiH2][Si](Cl)(Cl)[GeH3]. The first-order valence-corrected chi connectivity index (χ1v) is 20.7. The molecule has 0 bridgehead atoms. The van der Waals surface area contributed by atoms with Crippen molar-refractivity contribution < 1.29 is 0 Å². The molecule has 0 rings (SSSR count). The Morgan fingerprint density at radius 1 is 1.67 bits per heavy atom. The van der Waals surface area contributed by atoms with E-state index in [2.05, 4.69) is 0 Å². The van der Waals surface area contributed by atoms with E-state index in [1.807, 2.05) is 0 Å². The Morgan fingerprint density at radius 2 is 1.83 bits per heavy atom. The van der Waals surface area contributed by atoms with Crippen LogP contribution in [0, 0.1) is 0 Å². The van der Waals surface area contributed by atoms with Crippen LogP contribution < -0.4 is 0 Å². The van der Waals surface area contributed by atoms with Crippen molar-refractivity contribution in [3.8, 4) is 0 Å². The summed E-state index contributed by atoms with van der Waals surface area (Å²) in [5.41, 5.74) is 0. The Bertz CT molecular complexity index is 38.5. The van der Waals surface area contributed by atoms with Gasteiger partial charge in [-0.1, -0.05) is 0 Å². The molecule has 6 heteroatoms.